The van der Waals surface area contributed by atoms with E-state index in [0.29, 0.717) is 30.2 Å². The van der Waals surface area contributed by atoms with Crippen molar-refractivity contribution < 1.29 is 9.53 Å². The summed E-state index contributed by atoms with van der Waals surface area (Å²) in [7, 11) is 0. The molecule has 1 aromatic rings. The van der Waals surface area contributed by atoms with Crippen LogP contribution in [0.25, 0.3) is 0 Å². The molecule has 4 nitrogen and oxygen atoms in total. The topological polar surface area (TPSA) is 53.3 Å². The van der Waals surface area contributed by atoms with E-state index in [1.807, 2.05) is 20.8 Å². The van der Waals surface area contributed by atoms with E-state index in [-0.39, 0.29) is 12.0 Å². The molecule has 0 aromatic heterocycles. The van der Waals surface area contributed by atoms with Gasteiger partial charge in [0.05, 0.1) is 17.7 Å². The predicted octanol–water partition coefficient (Wildman–Crippen LogP) is 3.48. The molecular weight excluding hydrogens is 288 g/mol. The Bertz CT molecular complexity index is 593. The maximum atomic E-state index is 12.5. The molecule has 0 saturated carbocycles. The molecule has 1 aliphatic rings. The minimum absolute atomic E-state index is 0.110. The molecule has 1 aromatic carbocycles. The van der Waals surface area contributed by atoms with Crippen molar-refractivity contribution in [1.29, 1.82) is 5.26 Å². The number of ether oxygens (including phenoxy) is 1. The van der Waals surface area contributed by atoms with Crippen LogP contribution in [-0.4, -0.2) is 30.1 Å². The van der Waals surface area contributed by atoms with Gasteiger partial charge >= 0.3 is 0 Å². The van der Waals surface area contributed by atoms with Crippen LogP contribution in [0.2, 0.25) is 5.02 Å². The molecule has 0 aliphatic carbocycles. The number of carbonyl (C=O) groups excluding carboxylic acids is 1. The Morgan fingerprint density at radius 3 is 2.81 bits per heavy atom. The van der Waals surface area contributed by atoms with Crippen LogP contribution in [0.1, 0.15) is 47.8 Å². The Morgan fingerprint density at radius 1 is 1.48 bits per heavy atom. The van der Waals surface area contributed by atoms with Crippen LogP contribution < -0.4 is 0 Å². The SMILES string of the molecule is Cc1c(Cl)ccc2c1C(=O)N(CCCOC(C)C)C2C#N. The Labute approximate surface area is 130 Å². The van der Waals surface area contributed by atoms with E-state index < -0.39 is 6.04 Å². The van der Waals surface area contributed by atoms with Gasteiger partial charge in [-0.15, -0.1) is 0 Å². The Kier molecular flexibility index (Phi) is 4.87. The summed E-state index contributed by atoms with van der Waals surface area (Å²) in [5.41, 5.74) is 2.09. The van der Waals surface area contributed by atoms with Crippen molar-refractivity contribution in [1.82, 2.24) is 4.90 Å². The third kappa shape index (κ3) is 3.04. The van der Waals surface area contributed by atoms with Gasteiger partial charge < -0.3 is 9.64 Å². The van der Waals surface area contributed by atoms with Crippen LogP contribution in [0.3, 0.4) is 0 Å². The molecule has 1 amide bonds. The zero-order valence-electron chi connectivity index (χ0n) is 12.5. The van der Waals surface area contributed by atoms with Crippen LogP contribution in [-0.2, 0) is 4.74 Å². The number of rotatable bonds is 5. The Balaban J connectivity index is 2.17. The Morgan fingerprint density at radius 2 is 2.19 bits per heavy atom. The third-order valence-electron chi connectivity index (χ3n) is 3.63. The van der Waals surface area contributed by atoms with E-state index in [4.69, 9.17) is 16.3 Å². The summed E-state index contributed by atoms with van der Waals surface area (Å²) in [6.07, 6.45) is 0.882. The summed E-state index contributed by atoms with van der Waals surface area (Å²) in [6.45, 7) is 6.85. The first kappa shape index (κ1) is 15.8. The molecule has 0 N–H and O–H groups in total. The van der Waals surface area contributed by atoms with Crippen molar-refractivity contribution in [2.24, 2.45) is 0 Å². The van der Waals surface area contributed by atoms with Crippen LogP contribution in [0.4, 0.5) is 0 Å². The average molecular weight is 307 g/mol. The van der Waals surface area contributed by atoms with Gasteiger partial charge in [0.2, 0.25) is 0 Å². The molecule has 1 unspecified atom stereocenters. The lowest BCUT2D eigenvalue weighted by Crippen LogP contribution is -2.29. The third-order valence-corrected chi connectivity index (χ3v) is 4.04. The van der Waals surface area contributed by atoms with Crippen molar-refractivity contribution >= 4 is 17.5 Å². The maximum Gasteiger partial charge on any atom is 0.255 e. The molecule has 0 fully saturated rings. The lowest BCUT2D eigenvalue weighted by atomic mass is 10.0. The molecular formula is C16H19ClN2O2. The van der Waals surface area contributed by atoms with Crippen molar-refractivity contribution in [2.75, 3.05) is 13.2 Å². The molecule has 1 aliphatic heterocycles. The second-order valence-electron chi connectivity index (χ2n) is 5.44. The summed E-state index contributed by atoms with van der Waals surface area (Å²) in [6, 6.07) is 5.22. The lowest BCUT2D eigenvalue weighted by molar-refractivity contribution is 0.0611. The van der Waals surface area contributed by atoms with Crippen LogP contribution in [0.5, 0.6) is 0 Å². The molecule has 5 heteroatoms. The van der Waals surface area contributed by atoms with Crippen molar-refractivity contribution in [2.45, 2.75) is 39.3 Å². The maximum absolute atomic E-state index is 12.5. The minimum Gasteiger partial charge on any atom is -0.379 e. The molecule has 1 heterocycles. The average Bonchev–Trinajstić information content (AvgIpc) is 2.71. The highest BCUT2D eigenvalue weighted by Crippen LogP contribution is 2.37. The number of halogens is 1. The summed E-state index contributed by atoms with van der Waals surface area (Å²) in [4.78, 5) is 14.2. The van der Waals surface area contributed by atoms with Crippen molar-refractivity contribution in [3.05, 3.63) is 33.8 Å². The molecule has 0 spiro atoms. The van der Waals surface area contributed by atoms with Gasteiger partial charge in [-0.3, -0.25) is 4.79 Å². The lowest BCUT2D eigenvalue weighted by Gasteiger charge is -2.20. The number of benzene rings is 1. The van der Waals surface area contributed by atoms with Crippen LogP contribution >= 0.6 is 11.6 Å². The highest BCUT2D eigenvalue weighted by molar-refractivity contribution is 6.32. The first-order valence-corrected chi connectivity index (χ1v) is 7.46. The Hall–Kier alpha value is -1.57. The van der Waals surface area contributed by atoms with Crippen molar-refractivity contribution in [3.8, 4) is 6.07 Å². The summed E-state index contributed by atoms with van der Waals surface area (Å²) in [5.74, 6) is -0.110. The molecule has 0 saturated heterocycles. The van der Waals surface area contributed by atoms with E-state index in [2.05, 4.69) is 6.07 Å². The van der Waals surface area contributed by atoms with E-state index in [1.165, 1.54) is 0 Å². The largest absolute Gasteiger partial charge is 0.379 e. The van der Waals surface area contributed by atoms with E-state index >= 15 is 0 Å². The van der Waals surface area contributed by atoms with Crippen LogP contribution in [0.15, 0.2) is 12.1 Å². The summed E-state index contributed by atoms with van der Waals surface area (Å²) < 4.78 is 5.48. The number of hydrogen-bond acceptors (Lipinski definition) is 3. The predicted molar refractivity (Wildman–Crippen MR) is 81.3 cm³/mol. The smallest absolute Gasteiger partial charge is 0.255 e. The molecule has 21 heavy (non-hydrogen) atoms. The number of hydrogen-bond donors (Lipinski definition) is 0. The fourth-order valence-corrected chi connectivity index (χ4v) is 2.73. The van der Waals surface area contributed by atoms with E-state index in [0.717, 1.165) is 11.1 Å². The van der Waals surface area contributed by atoms with Gasteiger partial charge in [0, 0.05) is 23.7 Å². The minimum atomic E-state index is -0.525. The van der Waals surface area contributed by atoms with Gasteiger partial charge in [0.25, 0.3) is 5.91 Å². The summed E-state index contributed by atoms with van der Waals surface area (Å²) >= 11 is 6.08. The molecule has 1 atom stereocenters. The van der Waals surface area contributed by atoms with Crippen LogP contribution in [0, 0.1) is 18.3 Å². The van der Waals surface area contributed by atoms with Gasteiger partial charge in [-0.2, -0.15) is 5.26 Å². The van der Waals surface area contributed by atoms with Gasteiger partial charge in [0.1, 0.15) is 6.04 Å². The molecule has 0 radical (unpaired) electrons. The normalized spacial score (nSPS) is 17.2. The van der Waals surface area contributed by atoms with Gasteiger partial charge in [-0.05, 0) is 38.8 Å². The van der Waals surface area contributed by atoms with Gasteiger partial charge in [0.15, 0.2) is 0 Å². The second kappa shape index (κ2) is 6.46. The molecule has 112 valence electrons. The standard InChI is InChI=1S/C16H19ClN2O2/c1-10(2)21-8-4-7-19-14(9-18)12-5-6-13(17)11(3)15(12)16(19)20/h5-6,10,14H,4,7-8H2,1-3H3. The number of carbonyl (C=O) groups is 1. The zero-order chi connectivity index (χ0) is 15.6. The second-order valence-corrected chi connectivity index (χ2v) is 5.85. The molecule has 2 rings (SSSR count). The van der Waals surface area contributed by atoms with Gasteiger partial charge in [-0.25, -0.2) is 0 Å². The first-order valence-electron chi connectivity index (χ1n) is 7.08. The highest BCUT2D eigenvalue weighted by Gasteiger charge is 2.37. The number of fused-ring (bicyclic) bond motifs is 1. The number of nitriles is 1. The van der Waals surface area contributed by atoms with E-state index in [9.17, 15) is 10.1 Å². The zero-order valence-corrected chi connectivity index (χ0v) is 13.3. The summed E-state index contributed by atoms with van der Waals surface area (Å²) in [5, 5.41) is 9.96. The molecule has 0 bridgehead atoms. The number of nitrogens with zero attached hydrogens (tertiary/aromatic N) is 2. The number of amides is 1. The van der Waals surface area contributed by atoms with Gasteiger partial charge in [-0.1, -0.05) is 17.7 Å². The highest BCUT2D eigenvalue weighted by atomic mass is 35.5. The monoisotopic (exact) mass is 306 g/mol. The van der Waals surface area contributed by atoms with E-state index in [1.54, 1.807) is 17.0 Å². The fraction of sp³-hybridized carbons (Fsp3) is 0.500. The quantitative estimate of drug-likeness (QED) is 0.783. The van der Waals surface area contributed by atoms with Crippen molar-refractivity contribution in [3.63, 3.8) is 0 Å². The first-order chi connectivity index (χ1) is 9.97. The fourth-order valence-electron chi connectivity index (χ4n) is 2.57.